The van der Waals surface area contributed by atoms with Crippen LogP contribution in [0.4, 0.5) is 0 Å². The Kier molecular flexibility index (Phi) is 3.57. The maximum Gasteiger partial charge on any atom is 0.0320 e. The van der Waals surface area contributed by atoms with Gasteiger partial charge < -0.3 is 5.32 Å². The minimum atomic E-state index is 0.883. The number of nitrogens with one attached hydrogen (secondary N) is 1. The predicted octanol–water partition coefficient (Wildman–Crippen LogP) is 2.86. The maximum atomic E-state index is 3.57. The molecule has 1 N–H and O–H groups in total. The van der Waals surface area contributed by atoms with Gasteiger partial charge in [-0.3, -0.25) is 4.90 Å². The van der Waals surface area contributed by atoms with Crippen LogP contribution in [0.5, 0.6) is 0 Å². The van der Waals surface area contributed by atoms with Crippen molar-refractivity contribution in [2.24, 2.45) is 11.8 Å². The predicted molar refractivity (Wildman–Crippen MR) is 77.0 cm³/mol. The van der Waals surface area contributed by atoms with E-state index < -0.39 is 0 Å². The second kappa shape index (κ2) is 5.00. The molecule has 0 bridgehead atoms. The molecule has 2 nitrogen and oxygen atoms in total. The van der Waals surface area contributed by atoms with Gasteiger partial charge >= 0.3 is 0 Å². The molecule has 0 aliphatic carbocycles. The molecule has 2 heterocycles. The largest absolute Gasteiger partial charge is 0.316 e. The first kappa shape index (κ1) is 12.2. The zero-order valence-corrected chi connectivity index (χ0v) is 12.8. The van der Waals surface area contributed by atoms with E-state index in [9.17, 15) is 0 Å². The van der Waals surface area contributed by atoms with E-state index in [1.165, 1.54) is 31.7 Å². The van der Waals surface area contributed by atoms with Crippen LogP contribution < -0.4 is 5.32 Å². The fraction of sp³-hybridized carbons (Fsp3) is 0.538. The molecule has 0 aromatic heterocycles. The maximum absolute atomic E-state index is 3.57. The monoisotopic (exact) mass is 358 g/mol. The molecule has 2 aliphatic heterocycles. The van der Waals surface area contributed by atoms with Gasteiger partial charge in [-0.1, -0.05) is 6.07 Å². The van der Waals surface area contributed by atoms with Crippen LogP contribution in [-0.4, -0.2) is 31.1 Å². The normalized spacial score (nSPS) is 28.6. The highest BCUT2D eigenvalue weighted by atomic mass is 79.9. The smallest absolute Gasteiger partial charge is 0.0320 e. The number of rotatable bonds is 2. The van der Waals surface area contributed by atoms with Gasteiger partial charge in [0.05, 0.1) is 0 Å². The van der Waals surface area contributed by atoms with Crippen molar-refractivity contribution >= 4 is 31.9 Å². The molecule has 92 valence electrons. The van der Waals surface area contributed by atoms with Crippen LogP contribution in [0, 0.1) is 11.8 Å². The Morgan fingerprint density at radius 2 is 1.82 bits per heavy atom. The number of halogens is 2. The van der Waals surface area contributed by atoms with Gasteiger partial charge in [-0.05, 0) is 74.5 Å². The van der Waals surface area contributed by atoms with E-state index >= 15 is 0 Å². The summed E-state index contributed by atoms with van der Waals surface area (Å²) in [6.45, 7) is 6.02. The Hall–Kier alpha value is 0.1000. The van der Waals surface area contributed by atoms with Crippen LogP contribution in [-0.2, 0) is 6.54 Å². The quantitative estimate of drug-likeness (QED) is 0.873. The number of nitrogens with zero attached hydrogens (tertiary/aromatic N) is 1. The van der Waals surface area contributed by atoms with Gasteiger partial charge in [0, 0.05) is 28.6 Å². The molecule has 0 radical (unpaired) electrons. The summed E-state index contributed by atoms with van der Waals surface area (Å²) in [7, 11) is 0. The third-order valence-corrected chi connectivity index (χ3v) is 5.73. The lowest BCUT2D eigenvalue weighted by atomic mass is 10.0. The summed E-state index contributed by atoms with van der Waals surface area (Å²) < 4.78 is 2.28. The van der Waals surface area contributed by atoms with Gasteiger partial charge in [-0.15, -0.1) is 0 Å². The van der Waals surface area contributed by atoms with Crippen LogP contribution in [0.15, 0.2) is 27.1 Å². The van der Waals surface area contributed by atoms with Gasteiger partial charge in [0.15, 0.2) is 0 Å². The lowest BCUT2D eigenvalue weighted by molar-refractivity contribution is 0.305. The fourth-order valence-electron chi connectivity index (χ4n) is 2.98. The van der Waals surface area contributed by atoms with E-state index in [0.717, 1.165) is 27.3 Å². The zero-order chi connectivity index (χ0) is 11.8. The summed E-state index contributed by atoms with van der Waals surface area (Å²) in [4.78, 5) is 2.59. The molecule has 4 heteroatoms. The summed E-state index contributed by atoms with van der Waals surface area (Å²) in [6.07, 6.45) is 0. The Bertz CT molecular complexity index is 410. The third-order valence-electron chi connectivity index (χ3n) is 3.86. The molecule has 1 aromatic carbocycles. The average molecular weight is 360 g/mol. The number of fused-ring (bicyclic) bond motifs is 1. The molecule has 0 saturated carbocycles. The summed E-state index contributed by atoms with van der Waals surface area (Å²) in [5.74, 6) is 1.77. The van der Waals surface area contributed by atoms with E-state index in [4.69, 9.17) is 0 Å². The van der Waals surface area contributed by atoms with Crippen LogP contribution in [0.1, 0.15) is 5.56 Å². The van der Waals surface area contributed by atoms with Crippen molar-refractivity contribution < 1.29 is 0 Å². The topological polar surface area (TPSA) is 15.3 Å². The summed E-state index contributed by atoms with van der Waals surface area (Å²) in [6, 6.07) is 6.55. The first-order valence-electron chi connectivity index (χ1n) is 6.09. The van der Waals surface area contributed by atoms with E-state index in [2.05, 4.69) is 60.3 Å². The highest BCUT2D eigenvalue weighted by Gasteiger charge is 2.35. The number of hydrogen-bond donors (Lipinski definition) is 1. The first-order valence-corrected chi connectivity index (χ1v) is 7.68. The minimum Gasteiger partial charge on any atom is -0.316 e. The lowest BCUT2D eigenvalue weighted by Crippen LogP contribution is -2.25. The first-order chi connectivity index (χ1) is 8.22. The van der Waals surface area contributed by atoms with E-state index in [1.54, 1.807) is 0 Å². The van der Waals surface area contributed by atoms with Crippen molar-refractivity contribution in [3.63, 3.8) is 0 Å². The Balaban J connectivity index is 1.65. The van der Waals surface area contributed by atoms with Gasteiger partial charge in [0.2, 0.25) is 0 Å². The lowest BCUT2D eigenvalue weighted by Gasteiger charge is -2.17. The highest BCUT2D eigenvalue weighted by Crippen LogP contribution is 2.29. The Morgan fingerprint density at radius 3 is 2.47 bits per heavy atom. The van der Waals surface area contributed by atoms with Crippen molar-refractivity contribution in [1.82, 2.24) is 10.2 Å². The zero-order valence-electron chi connectivity index (χ0n) is 9.63. The van der Waals surface area contributed by atoms with Crippen LogP contribution >= 0.6 is 31.9 Å². The van der Waals surface area contributed by atoms with Gasteiger partial charge in [-0.2, -0.15) is 0 Å². The molecular formula is C13H16Br2N2. The minimum absolute atomic E-state index is 0.883. The van der Waals surface area contributed by atoms with Crippen molar-refractivity contribution in [3.05, 3.63) is 32.7 Å². The molecule has 3 rings (SSSR count). The third kappa shape index (κ3) is 2.60. The molecule has 2 atom stereocenters. The molecule has 0 amide bonds. The van der Waals surface area contributed by atoms with Crippen LogP contribution in [0.25, 0.3) is 0 Å². The molecule has 17 heavy (non-hydrogen) atoms. The van der Waals surface area contributed by atoms with Gasteiger partial charge in [0.1, 0.15) is 0 Å². The van der Waals surface area contributed by atoms with E-state index in [0.29, 0.717) is 0 Å². The van der Waals surface area contributed by atoms with Crippen molar-refractivity contribution in [1.29, 1.82) is 0 Å². The number of benzene rings is 1. The fourth-order valence-corrected chi connectivity index (χ4v) is 3.65. The second-order valence-corrected chi connectivity index (χ2v) is 6.83. The Labute approximate surface area is 119 Å². The number of likely N-dealkylation sites (tertiary alicyclic amines) is 1. The van der Waals surface area contributed by atoms with Gasteiger partial charge in [0.25, 0.3) is 0 Å². The highest BCUT2D eigenvalue weighted by molar-refractivity contribution is 9.13. The average Bonchev–Trinajstić information content (AvgIpc) is 2.84. The molecular weight excluding hydrogens is 344 g/mol. The number of hydrogen-bond acceptors (Lipinski definition) is 2. The molecule has 2 fully saturated rings. The van der Waals surface area contributed by atoms with Crippen molar-refractivity contribution in [2.75, 3.05) is 26.2 Å². The standard InChI is InChI=1S/C13H16Br2N2/c14-12-2-1-9(3-13(12)15)6-17-7-10-4-16-5-11(10)8-17/h1-3,10-11,16H,4-8H2. The van der Waals surface area contributed by atoms with E-state index in [1.807, 2.05) is 0 Å². The van der Waals surface area contributed by atoms with Crippen LogP contribution in [0.2, 0.25) is 0 Å². The molecule has 2 unspecified atom stereocenters. The summed E-state index contributed by atoms with van der Waals surface area (Å²) in [5.41, 5.74) is 1.40. The molecule has 2 aliphatic rings. The molecule has 0 spiro atoms. The van der Waals surface area contributed by atoms with E-state index in [-0.39, 0.29) is 0 Å². The summed E-state index contributed by atoms with van der Waals surface area (Å²) in [5, 5.41) is 3.48. The van der Waals surface area contributed by atoms with Crippen LogP contribution in [0.3, 0.4) is 0 Å². The van der Waals surface area contributed by atoms with Crippen molar-refractivity contribution in [3.8, 4) is 0 Å². The molecule has 2 saturated heterocycles. The second-order valence-electron chi connectivity index (χ2n) is 5.12. The SMILES string of the molecule is Brc1ccc(CN2CC3CNCC3C2)cc1Br. The molecule has 1 aromatic rings. The Morgan fingerprint density at radius 1 is 1.12 bits per heavy atom. The van der Waals surface area contributed by atoms with Gasteiger partial charge in [-0.25, -0.2) is 0 Å². The van der Waals surface area contributed by atoms with Crippen molar-refractivity contribution in [2.45, 2.75) is 6.54 Å². The summed E-state index contributed by atoms with van der Waals surface area (Å²) >= 11 is 7.08.